The molecule has 17 heavy (non-hydrogen) atoms. The molecule has 8 heteroatoms. The minimum absolute atomic E-state index is 0.00587. The van der Waals surface area contributed by atoms with Gasteiger partial charge < -0.3 is 10.3 Å². The number of sulfonamides is 1. The van der Waals surface area contributed by atoms with Crippen LogP contribution >= 0.6 is 0 Å². The second-order valence-electron chi connectivity index (χ2n) is 3.17. The molecule has 90 valence electrons. The lowest BCUT2D eigenvalue weighted by Crippen LogP contribution is -2.15. The molecular weight excluding hydrogens is 249 g/mol. The van der Waals surface area contributed by atoms with Gasteiger partial charge in [-0.05, 0) is 18.2 Å². The van der Waals surface area contributed by atoms with Crippen molar-refractivity contribution in [2.24, 2.45) is 0 Å². The largest absolute Gasteiger partial charge is 0.398 e. The first-order valence-corrected chi connectivity index (χ1v) is 5.95. The highest BCUT2D eigenvalue weighted by atomic mass is 32.2. The van der Waals surface area contributed by atoms with Gasteiger partial charge in [0.1, 0.15) is 17.0 Å². The van der Waals surface area contributed by atoms with Gasteiger partial charge in [0, 0.05) is 6.07 Å². The summed E-state index contributed by atoms with van der Waals surface area (Å²) < 4.78 is 43.2. The Hall–Kier alpha value is -2.09. The Labute approximate surface area is 96.3 Å². The van der Waals surface area contributed by atoms with Gasteiger partial charge in [-0.15, -0.1) is 0 Å². The zero-order valence-corrected chi connectivity index (χ0v) is 9.24. The normalized spacial score (nSPS) is 11.4. The van der Waals surface area contributed by atoms with Gasteiger partial charge >= 0.3 is 0 Å². The highest BCUT2D eigenvalue weighted by Crippen LogP contribution is 2.21. The molecule has 2 aromatic rings. The summed E-state index contributed by atoms with van der Waals surface area (Å²) in [7, 11) is -3.97. The molecule has 1 heterocycles. The Morgan fingerprint density at radius 1 is 1.35 bits per heavy atom. The summed E-state index contributed by atoms with van der Waals surface area (Å²) in [5.74, 6) is -0.701. The third kappa shape index (κ3) is 2.36. The molecule has 0 saturated heterocycles. The van der Waals surface area contributed by atoms with E-state index in [2.05, 4.69) is 14.4 Å². The number of nitrogen functional groups attached to an aromatic ring is 1. The van der Waals surface area contributed by atoms with E-state index in [4.69, 9.17) is 5.73 Å². The number of nitrogens with zero attached hydrogens (tertiary/aromatic N) is 1. The lowest BCUT2D eigenvalue weighted by Gasteiger charge is -2.07. The molecule has 1 aromatic heterocycles. The molecule has 0 unspecified atom stereocenters. The van der Waals surface area contributed by atoms with Gasteiger partial charge in [-0.25, -0.2) is 12.8 Å². The molecule has 0 saturated carbocycles. The molecule has 6 nitrogen and oxygen atoms in total. The van der Waals surface area contributed by atoms with E-state index in [0.717, 1.165) is 12.1 Å². The monoisotopic (exact) mass is 257 g/mol. The molecule has 0 bridgehead atoms. The third-order valence-corrected chi connectivity index (χ3v) is 3.35. The van der Waals surface area contributed by atoms with Crippen LogP contribution in [0.25, 0.3) is 0 Å². The van der Waals surface area contributed by atoms with Crippen LogP contribution in [0.5, 0.6) is 0 Å². The van der Waals surface area contributed by atoms with Crippen molar-refractivity contribution in [2.75, 3.05) is 10.5 Å². The Bertz CT molecular complexity index is 625. The molecule has 0 radical (unpaired) electrons. The lowest BCUT2D eigenvalue weighted by atomic mass is 10.3. The number of hydrogen-bond donors (Lipinski definition) is 2. The van der Waals surface area contributed by atoms with Crippen LogP contribution in [0.2, 0.25) is 0 Å². The van der Waals surface area contributed by atoms with Gasteiger partial charge in [0.25, 0.3) is 10.0 Å². The van der Waals surface area contributed by atoms with Crippen molar-refractivity contribution in [3.05, 3.63) is 36.3 Å². The van der Waals surface area contributed by atoms with Crippen molar-refractivity contribution in [2.45, 2.75) is 4.90 Å². The summed E-state index contributed by atoms with van der Waals surface area (Å²) in [6, 6.07) is 4.39. The minimum Gasteiger partial charge on any atom is -0.398 e. The third-order valence-electron chi connectivity index (χ3n) is 1.94. The fourth-order valence-corrected chi connectivity index (χ4v) is 2.34. The fourth-order valence-electron chi connectivity index (χ4n) is 1.20. The van der Waals surface area contributed by atoms with E-state index >= 15 is 0 Å². The van der Waals surface area contributed by atoms with Crippen LogP contribution in [0.1, 0.15) is 0 Å². The van der Waals surface area contributed by atoms with E-state index in [-0.39, 0.29) is 16.4 Å². The van der Waals surface area contributed by atoms with E-state index in [1.54, 1.807) is 0 Å². The van der Waals surface area contributed by atoms with Crippen molar-refractivity contribution in [3.8, 4) is 0 Å². The molecule has 0 fully saturated rings. The number of nitrogens with two attached hydrogens (primary N) is 1. The van der Waals surface area contributed by atoms with Gasteiger partial charge in [-0.2, -0.15) is 0 Å². The maximum Gasteiger partial charge on any atom is 0.265 e. The van der Waals surface area contributed by atoms with Crippen molar-refractivity contribution < 1.29 is 17.3 Å². The SMILES string of the molecule is Nc1ccc(F)cc1S(=O)(=O)Nc1ccon1. The van der Waals surface area contributed by atoms with Crippen molar-refractivity contribution in [1.82, 2.24) is 5.16 Å². The van der Waals surface area contributed by atoms with Crippen LogP contribution in [-0.2, 0) is 10.0 Å². The second-order valence-corrected chi connectivity index (χ2v) is 4.82. The molecule has 0 aliphatic heterocycles. The summed E-state index contributed by atoms with van der Waals surface area (Å²) >= 11 is 0. The quantitative estimate of drug-likeness (QED) is 0.805. The van der Waals surface area contributed by atoms with E-state index in [9.17, 15) is 12.8 Å². The minimum atomic E-state index is -3.97. The van der Waals surface area contributed by atoms with E-state index in [0.29, 0.717) is 0 Å². The van der Waals surface area contributed by atoms with Gasteiger partial charge in [0.05, 0.1) is 5.69 Å². The predicted molar refractivity (Wildman–Crippen MR) is 58.1 cm³/mol. The van der Waals surface area contributed by atoms with Crippen LogP contribution < -0.4 is 10.5 Å². The van der Waals surface area contributed by atoms with E-state index < -0.39 is 15.8 Å². The number of benzene rings is 1. The summed E-state index contributed by atoms with van der Waals surface area (Å²) in [6.45, 7) is 0. The second kappa shape index (κ2) is 4.06. The van der Waals surface area contributed by atoms with Crippen molar-refractivity contribution in [3.63, 3.8) is 0 Å². The number of rotatable bonds is 3. The Morgan fingerprint density at radius 3 is 2.76 bits per heavy atom. The lowest BCUT2D eigenvalue weighted by molar-refractivity contribution is 0.423. The van der Waals surface area contributed by atoms with Gasteiger partial charge in [-0.1, -0.05) is 5.16 Å². The topological polar surface area (TPSA) is 98.2 Å². The van der Waals surface area contributed by atoms with Crippen LogP contribution in [-0.4, -0.2) is 13.6 Å². The summed E-state index contributed by atoms with van der Waals surface area (Å²) in [5.41, 5.74) is 5.42. The number of nitrogens with one attached hydrogen (secondary N) is 1. The summed E-state index contributed by atoms with van der Waals surface area (Å²) in [5, 5.41) is 3.38. The van der Waals surface area contributed by atoms with Crippen LogP contribution in [0.4, 0.5) is 15.9 Å². The molecule has 0 atom stereocenters. The molecule has 1 aromatic carbocycles. The number of aromatic nitrogens is 1. The standard InChI is InChI=1S/C9H8FN3O3S/c10-6-1-2-7(11)8(5-6)17(14,15)13-9-3-4-16-12-9/h1-5H,11H2,(H,12,13). The summed E-state index contributed by atoms with van der Waals surface area (Å²) in [4.78, 5) is -0.347. The maximum atomic E-state index is 13.0. The first-order valence-electron chi connectivity index (χ1n) is 4.47. The summed E-state index contributed by atoms with van der Waals surface area (Å²) in [6.07, 6.45) is 1.20. The average Bonchev–Trinajstić information content (AvgIpc) is 2.73. The number of halogens is 1. The molecular formula is C9H8FN3O3S. The Kier molecular flexibility index (Phi) is 2.72. The Morgan fingerprint density at radius 2 is 2.12 bits per heavy atom. The molecule has 0 amide bonds. The predicted octanol–water partition coefficient (Wildman–Crippen LogP) is 1.20. The molecule has 0 spiro atoms. The average molecular weight is 257 g/mol. The number of hydrogen-bond acceptors (Lipinski definition) is 5. The van der Waals surface area contributed by atoms with Crippen LogP contribution in [0, 0.1) is 5.82 Å². The maximum absolute atomic E-state index is 13.0. The van der Waals surface area contributed by atoms with E-state index in [1.165, 1.54) is 18.4 Å². The van der Waals surface area contributed by atoms with Crippen molar-refractivity contribution in [1.29, 1.82) is 0 Å². The molecule has 0 aliphatic carbocycles. The molecule has 2 rings (SSSR count). The van der Waals surface area contributed by atoms with Crippen LogP contribution in [0.15, 0.2) is 39.9 Å². The zero-order valence-electron chi connectivity index (χ0n) is 8.42. The smallest absolute Gasteiger partial charge is 0.265 e. The fraction of sp³-hybridized carbons (Fsp3) is 0. The number of anilines is 2. The highest BCUT2D eigenvalue weighted by Gasteiger charge is 2.19. The van der Waals surface area contributed by atoms with Gasteiger partial charge in [-0.3, -0.25) is 4.72 Å². The van der Waals surface area contributed by atoms with Crippen LogP contribution in [0.3, 0.4) is 0 Å². The van der Waals surface area contributed by atoms with Gasteiger partial charge in [0.15, 0.2) is 5.82 Å². The molecule has 0 aliphatic rings. The first-order chi connectivity index (χ1) is 7.99. The van der Waals surface area contributed by atoms with Crippen molar-refractivity contribution >= 4 is 21.5 Å². The van der Waals surface area contributed by atoms with E-state index in [1.807, 2.05) is 0 Å². The zero-order chi connectivity index (χ0) is 12.5. The highest BCUT2D eigenvalue weighted by molar-refractivity contribution is 7.92. The first kappa shape index (κ1) is 11.4. The van der Waals surface area contributed by atoms with Gasteiger partial charge in [0.2, 0.25) is 0 Å². The molecule has 3 N–H and O–H groups in total. The Balaban J connectivity index is 2.41.